The highest BCUT2D eigenvalue weighted by atomic mass is 32.2. The summed E-state index contributed by atoms with van der Waals surface area (Å²) in [6.07, 6.45) is 1.89. The molecule has 0 bridgehead atoms. The Kier molecular flexibility index (Phi) is 6.50. The average molecular weight is 420 g/mol. The van der Waals surface area contributed by atoms with Crippen LogP contribution in [0.1, 0.15) is 27.9 Å². The zero-order chi connectivity index (χ0) is 21.0. The van der Waals surface area contributed by atoms with Crippen LogP contribution in [0.4, 0.5) is 8.78 Å². The monoisotopic (exact) mass is 420 g/mol. The van der Waals surface area contributed by atoms with Crippen molar-refractivity contribution in [2.75, 3.05) is 13.7 Å². The maximum Gasteiger partial charge on any atom is 0.201 e. The van der Waals surface area contributed by atoms with Crippen molar-refractivity contribution < 1.29 is 26.7 Å². The number of nitrogens with one attached hydrogen (secondary N) is 1. The number of pyridine rings is 1. The SMILES string of the molecule is COc1cnc2ccc(C(=O)c3cc(F)cc(CCCN[SH](=O)=O)c3F)cc2c1. The van der Waals surface area contributed by atoms with E-state index in [4.69, 9.17) is 4.74 Å². The number of methoxy groups -OCH3 is 1. The molecule has 0 aliphatic rings. The summed E-state index contributed by atoms with van der Waals surface area (Å²) < 4.78 is 57.2. The van der Waals surface area contributed by atoms with Gasteiger partial charge in [-0.15, -0.1) is 0 Å². The van der Waals surface area contributed by atoms with Crippen LogP contribution in [-0.2, 0) is 17.3 Å². The number of ether oxygens (including phenoxy) is 1. The Hall–Kier alpha value is -2.91. The van der Waals surface area contributed by atoms with Gasteiger partial charge in [0.05, 0.1) is 24.4 Å². The molecule has 152 valence electrons. The van der Waals surface area contributed by atoms with E-state index in [-0.39, 0.29) is 36.1 Å². The van der Waals surface area contributed by atoms with E-state index >= 15 is 0 Å². The summed E-state index contributed by atoms with van der Waals surface area (Å²) >= 11 is 0. The highest BCUT2D eigenvalue weighted by Gasteiger charge is 2.19. The van der Waals surface area contributed by atoms with E-state index in [2.05, 4.69) is 9.71 Å². The summed E-state index contributed by atoms with van der Waals surface area (Å²) in [5, 5.41) is 0.630. The molecule has 2 aromatic carbocycles. The Labute approximate surface area is 167 Å². The van der Waals surface area contributed by atoms with E-state index in [0.29, 0.717) is 16.7 Å². The molecule has 0 radical (unpaired) electrons. The molecule has 3 rings (SSSR count). The van der Waals surface area contributed by atoms with Crippen molar-refractivity contribution in [3.63, 3.8) is 0 Å². The van der Waals surface area contributed by atoms with Crippen LogP contribution in [0.15, 0.2) is 42.6 Å². The number of nitrogens with zero attached hydrogens (tertiary/aromatic N) is 1. The molecule has 0 saturated heterocycles. The number of thiol groups is 1. The molecular formula is C20H18F2N2O4S. The van der Waals surface area contributed by atoms with Crippen molar-refractivity contribution in [2.24, 2.45) is 0 Å². The maximum atomic E-state index is 14.8. The predicted octanol–water partition coefficient (Wildman–Crippen LogP) is 2.80. The van der Waals surface area contributed by atoms with Gasteiger partial charge in [0.1, 0.15) is 17.4 Å². The highest BCUT2D eigenvalue weighted by molar-refractivity contribution is 7.70. The van der Waals surface area contributed by atoms with Crippen LogP contribution in [0.25, 0.3) is 10.9 Å². The van der Waals surface area contributed by atoms with Crippen LogP contribution in [-0.4, -0.2) is 32.8 Å². The summed E-state index contributed by atoms with van der Waals surface area (Å²) in [5.74, 6) is -1.70. The minimum absolute atomic E-state index is 0.0143. The Balaban J connectivity index is 1.91. The van der Waals surface area contributed by atoms with Crippen molar-refractivity contribution >= 4 is 27.6 Å². The first-order chi connectivity index (χ1) is 13.9. The van der Waals surface area contributed by atoms with Crippen molar-refractivity contribution in [3.8, 4) is 5.75 Å². The molecule has 0 atom stereocenters. The van der Waals surface area contributed by atoms with E-state index in [9.17, 15) is 22.0 Å². The summed E-state index contributed by atoms with van der Waals surface area (Å²) in [6, 6.07) is 8.24. The fourth-order valence-corrected chi connectivity index (χ4v) is 3.30. The topological polar surface area (TPSA) is 85.4 Å². The standard InChI is InChI=1S/C20H18F2N2O4S/c1-28-16-9-14-7-13(4-5-18(14)23-11-16)20(25)17-10-15(21)8-12(19(17)22)3-2-6-24-29(26)27/h4-5,7-11,29H,2-3,6H2,1H3,(H,24,26,27). The second-order valence-corrected chi connectivity index (χ2v) is 7.14. The van der Waals surface area contributed by atoms with Gasteiger partial charge < -0.3 is 4.74 Å². The Bertz CT molecular complexity index is 1140. The van der Waals surface area contributed by atoms with Gasteiger partial charge in [-0.3, -0.25) is 9.78 Å². The van der Waals surface area contributed by atoms with E-state index in [1.54, 1.807) is 24.4 Å². The number of carbonyl (C=O) groups excluding carboxylic acids is 1. The minimum Gasteiger partial charge on any atom is -0.495 e. The zero-order valence-corrected chi connectivity index (χ0v) is 16.3. The van der Waals surface area contributed by atoms with E-state index in [1.807, 2.05) is 0 Å². The first-order valence-electron chi connectivity index (χ1n) is 8.73. The fraction of sp³-hybridized carbons (Fsp3) is 0.200. The number of ketones is 1. The Morgan fingerprint density at radius 3 is 2.69 bits per heavy atom. The number of hydrogen-bond donors (Lipinski definition) is 2. The molecule has 1 aromatic heterocycles. The number of halogens is 2. The van der Waals surface area contributed by atoms with Crippen molar-refractivity contribution in [1.82, 2.24) is 9.71 Å². The van der Waals surface area contributed by atoms with Gasteiger partial charge in [0.15, 0.2) is 5.78 Å². The second kappa shape index (κ2) is 9.06. The van der Waals surface area contributed by atoms with Crippen molar-refractivity contribution in [2.45, 2.75) is 12.8 Å². The van der Waals surface area contributed by atoms with Gasteiger partial charge in [0.25, 0.3) is 0 Å². The number of rotatable bonds is 8. The molecule has 3 aromatic rings. The number of hydrogen-bond acceptors (Lipinski definition) is 5. The highest BCUT2D eigenvalue weighted by Crippen LogP contribution is 2.24. The van der Waals surface area contributed by atoms with Gasteiger partial charge in [0.2, 0.25) is 10.9 Å². The van der Waals surface area contributed by atoms with Crippen LogP contribution >= 0.6 is 0 Å². The number of benzene rings is 2. The summed E-state index contributed by atoms with van der Waals surface area (Å²) in [6.45, 7) is 0.0947. The quantitative estimate of drug-likeness (QED) is 0.333. The van der Waals surface area contributed by atoms with Crippen LogP contribution in [0, 0.1) is 11.6 Å². The minimum atomic E-state index is -2.75. The molecule has 0 spiro atoms. The van der Waals surface area contributed by atoms with Gasteiger partial charge in [-0.25, -0.2) is 21.9 Å². The third-order valence-electron chi connectivity index (χ3n) is 4.38. The molecule has 0 aliphatic heterocycles. The third-order valence-corrected chi connectivity index (χ3v) is 4.86. The summed E-state index contributed by atoms with van der Waals surface area (Å²) in [7, 11) is -1.25. The smallest absolute Gasteiger partial charge is 0.201 e. The van der Waals surface area contributed by atoms with Crippen molar-refractivity contribution in [3.05, 3.63) is 70.9 Å². The molecule has 0 aliphatic carbocycles. The largest absolute Gasteiger partial charge is 0.495 e. The zero-order valence-electron chi connectivity index (χ0n) is 15.4. The Morgan fingerprint density at radius 2 is 1.97 bits per heavy atom. The predicted molar refractivity (Wildman–Crippen MR) is 105 cm³/mol. The summed E-state index contributed by atoms with van der Waals surface area (Å²) in [5.41, 5.74) is 0.457. The lowest BCUT2D eigenvalue weighted by Gasteiger charge is -2.10. The molecule has 9 heteroatoms. The molecule has 6 nitrogen and oxygen atoms in total. The molecule has 0 fully saturated rings. The van der Waals surface area contributed by atoms with Gasteiger partial charge in [-0.2, -0.15) is 0 Å². The lowest BCUT2D eigenvalue weighted by molar-refractivity contribution is 0.103. The molecule has 0 amide bonds. The molecule has 1 N–H and O–H groups in total. The first-order valence-corrected chi connectivity index (χ1v) is 9.91. The van der Waals surface area contributed by atoms with Crippen molar-refractivity contribution in [1.29, 1.82) is 0 Å². The lowest BCUT2D eigenvalue weighted by atomic mass is 9.97. The van der Waals surface area contributed by atoms with Crippen LogP contribution < -0.4 is 9.46 Å². The summed E-state index contributed by atoms with van der Waals surface area (Å²) in [4.78, 5) is 17.0. The normalized spacial score (nSPS) is 11.2. The van der Waals surface area contributed by atoms with Crippen LogP contribution in [0.5, 0.6) is 5.75 Å². The van der Waals surface area contributed by atoms with E-state index < -0.39 is 28.3 Å². The van der Waals surface area contributed by atoms with Gasteiger partial charge >= 0.3 is 0 Å². The molecule has 0 saturated carbocycles. The molecule has 29 heavy (non-hydrogen) atoms. The molecular weight excluding hydrogens is 402 g/mol. The maximum absolute atomic E-state index is 14.8. The van der Waals surface area contributed by atoms with Gasteiger partial charge in [-0.05, 0) is 54.8 Å². The van der Waals surface area contributed by atoms with E-state index in [0.717, 1.165) is 12.1 Å². The van der Waals surface area contributed by atoms with Gasteiger partial charge in [0, 0.05) is 17.5 Å². The van der Waals surface area contributed by atoms with Gasteiger partial charge in [-0.1, -0.05) is 0 Å². The first kappa shape index (κ1) is 20.8. The second-order valence-electron chi connectivity index (χ2n) is 6.31. The number of fused-ring (bicyclic) bond motifs is 1. The lowest BCUT2D eigenvalue weighted by Crippen LogP contribution is -2.14. The van der Waals surface area contributed by atoms with Crippen LogP contribution in [0.3, 0.4) is 0 Å². The average Bonchev–Trinajstić information content (AvgIpc) is 2.71. The molecule has 1 heterocycles. The molecule has 0 unspecified atom stereocenters. The Morgan fingerprint density at radius 1 is 1.17 bits per heavy atom. The number of aryl methyl sites for hydroxylation is 1. The third kappa shape index (κ3) is 4.93. The fourth-order valence-electron chi connectivity index (χ4n) is 2.96. The number of aromatic nitrogens is 1. The number of carbonyl (C=O) groups is 1. The van der Waals surface area contributed by atoms with Crippen LogP contribution in [0.2, 0.25) is 0 Å². The van der Waals surface area contributed by atoms with E-state index in [1.165, 1.54) is 13.2 Å².